The summed E-state index contributed by atoms with van der Waals surface area (Å²) in [6, 6.07) is 8.96. The van der Waals surface area contributed by atoms with E-state index in [1.807, 2.05) is 6.07 Å². The number of hydrogen-bond acceptors (Lipinski definition) is 3. The highest BCUT2D eigenvalue weighted by Gasteiger charge is 2.13. The minimum Gasteiger partial charge on any atom is -0.319 e. The smallest absolute Gasteiger partial charge is 0.273 e. The molecule has 0 unspecified atom stereocenters. The lowest BCUT2D eigenvalue weighted by atomic mass is 10.2. The van der Waals surface area contributed by atoms with E-state index < -0.39 is 11.7 Å². The molecule has 2 N–H and O–H groups in total. The zero-order valence-electron chi connectivity index (χ0n) is 11.2. The third kappa shape index (κ3) is 2.96. The third-order valence-corrected chi connectivity index (χ3v) is 3.27. The van der Waals surface area contributed by atoms with Crippen LogP contribution < -0.4 is 5.32 Å². The second-order valence-electron chi connectivity index (χ2n) is 4.49. The molecule has 22 heavy (non-hydrogen) atoms. The largest absolute Gasteiger partial charge is 0.319 e. The Morgan fingerprint density at radius 3 is 2.86 bits per heavy atom. The summed E-state index contributed by atoms with van der Waals surface area (Å²) in [6.45, 7) is 0. The van der Waals surface area contributed by atoms with Crippen molar-refractivity contribution in [3.63, 3.8) is 0 Å². The number of benzene rings is 1. The number of hydrogen-bond donors (Lipinski definition) is 2. The van der Waals surface area contributed by atoms with Crippen molar-refractivity contribution >= 4 is 23.2 Å². The van der Waals surface area contributed by atoms with Gasteiger partial charge < -0.3 is 5.32 Å². The Morgan fingerprint density at radius 1 is 1.27 bits per heavy atom. The van der Waals surface area contributed by atoms with E-state index in [-0.39, 0.29) is 10.7 Å². The normalized spacial score (nSPS) is 10.5. The first kappa shape index (κ1) is 14.2. The van der Waals surface area contributed by atoms with Gasteiger partial charge in [-0.1, -0.05) is 11.6 Å². The second kappa shape index (κ2) is 5.95. The maximum Gasteiger partial charge on any atom is 0.273 e. The van der Waals surface area contributed by atoms with Crippen LogP contribution in [0.15, 0.2) is 48.8 Å². The van der Waals surface area contributed by atoms with E-state index in [4.69, 9.17) is 11.6 Å². The average molecular weight is 317 g/mol. The van der Waals surface area contributed by atoms with Crippen molar-refractivity contribution < 1.29 is 9.18 Å². The molecule has 1 amide bonds. The van der Waals surface area contributed by atoms with Crippen LogP contribution in [0.2, 0.25) is 5.02 Å². The van der Waals surface area contributed by atoms with E-state index >= 15 is 0 Å². The molecule has 3 rings (SSSR count). The highest BCUT2D eigenvalue weighted by atomic mass is 35.5. The lowest BCUT2D eigenvalue weighted by Crippen LogP contribution is -2.12. The molecule has 2 heterocycles. The van der Waals surface area contributed by atoms with Gasteiger partial charge in [0.15, 0.2) is 0 Å². The fourth-order valence-corrected chi connectivity index (χ4v) is 2.10. The zero-order valence-corrected chi connectivity index (χ0v) is 11.9. The molecular formula is C15H10ClFN4O. The molecule has 110 valence electrons. The molecule has 0 radical (unpaired) electrons. The molecule has 2 aromatic heterocycles. The molecule has 3 aromatic rings. The Balaban J connectivity index is 1.80. The summed E-state index contributed by atoms with van der Waals surface area (Å²) >= 11 is 5.87. The molecule has 0 fully saturated rings. The molecule has 0 atom stereocenters. The number of anilines is 1. The van der Waals surface area contributed by atoms with E-state index in [1.54, 1.807) is 24.5 Å². The molecule has 0 aliphatic carbocycles. The van der Waals surface area contributed by atoms with E-state index in [0.29, 0.717) is 11.4 Å². The number of halogens is 2. The highest BCUT2D eigenvalue weighted by molar-refractivity contribution is 6.33. The predicted molar refractivity (Wildman–Crippen MR) is 81.2 cm³/mol. The van der Waals surface area contributed by atoms with Gasteiger partial charge in [0.05, 0.1) is 16.4 Å². The second-order valence-corrected chi connectivity index (χ2v) is 4.89. The summed E-state index contributed by atoms with van der Waals surface area (Å²) < 4.78 is 13.0. The Kier molecular flexibility index (Phi) is 3.84. The van der Waals surface area contributed by atoms with Crippen LogP contribution in [0.1, 0.15) is 10.5 Å². The summed E-state index contributed by atoms with van der Waals surface area (Å²) in [5.41, 5.74) is 1.98. The number of amides is 1. The van der Waals surface area contributed by atoms with Gasteiger partial charge in [0, 0.05) is 18.0 Å². The zero-order chi connectivity index (χ0) is 15.5. The van der Waals surface area contributed by atoms with E-state index in [9.17, 15) is 9.18 Å². The summed E-state index contributed by atoms with van der Waals surface area (Å²) in [4.78, 5) is 16.1. The number of carbonyl (C=O) groups excluding carboxylic acids is 1. The first-order chi connectivity index (χ1) is 10.6. The van der Waals surface area contributed by atoms with Crippen LogP contribution in [-0.2, 0) is 0 Å². The molecule has 1 aromatic carbocycles. The lowest BCUT2D eigenvalue weighted by Gasteiger charge is -2.05. The standard InChI is InChI=1S/C15H10ClFN4O/c16-11-6-10(17)3-4-12(11)19-15(22)14-7-13(20-21-14)9-2-1-5-18-8-9/h1-8H,(H,19,22)(H,20,21). The Morgan fingerprint density at radius 2 is 2.14 bits per heavy atom. The van der Waals surface area contributed by atoms with Gasteiger partial charge in [0.25, 0.3) is 5.91 Å². The number of H-pyrrole nitrogens is 1. The fourth-order valence-electron chi connectivity index (χ4n) is 1.88. The van der Waals surface area contributed by atoms with Crippen LogP contribution in [0, 0.1) is 5.82 Å². The maximum absolute atomic E-state index is 13.0. The number of rotatable bonds is 3. The monoisotopic (exact) mass is 316 g/mol. The topological polar surface area (TPSA) is 70.7 Å². The van der Waals surface area contributed by atoms with Crippen molar-refractivity contribution in [3.8, 4) is 11.3 Å². The molecule has 0 bridgehead atoms. The number of aromatic amines is 1. The predicted octanol–water partition coefficient (Wildman–Crippen LogP) is 3.52. The molecule has 0 aliphatic rings. The lowest BCUT2D eigenvalue weighted by molar-refractivity contribution is 0.102. The van der Waals surface area contributed by atoms with Crippen molar-refractivity contribution in [2.45, 2.75) is 0 Å². The molecule has 0 spiro atoms. The number of pyridine rings is 1. The van der Waals surface area contributed by atoms with Crippen molar-refractivity contribution in [2.24, 2.45) is 0 Å². The van der Waals surface area contributed by atoms with Crippen molar-refractivity contribution in [1.82, 2.24) is 15.2 Å². The minimum atomic E-state index is -0.469. The average Bonchev–Trinajstić information content (AvgIpc) is 3.01. The molecular weight excluding hydrogens is 307 g/mol. The van der Waals surface area contributed by atoms with Crippen LogP contribution in [-0.4, -0.2) is 21.1 Å². The minimum absolute atomic E-state index is 0.125. The number of aromatic nitrogens is 3. The summed E-state index contributed by atoms with van der Waals surface area (Å²) in [5.74, 6) is -0.889. The fraction of sp³-hybridized carbons (Fsp3) is 0. The van der Waals surface area contributed by atoms with Gasteiger partial charge >= 0.3 is 0 Å². The van der Waals surface area contributed by atoms with Gasteiger partial charge in [-0.15, -0.1) is 0 Å². The van der Waals surface area contributed by atoms with Crippen molar-refractivity contribution in [1.29, 1.82) is 0 Å². The van der Waals surface area contributed by atoms with Gasteiger partial charge in [-0.3, -0.25) is 14.9 Å². The molecule has 0 aliphatic heterocycles. The van der Waals surface area contributed by atoms with Gasteiger partial charge in [-0.2, -0.15) is 5.10 Å². The van der Waals surface area contributed by atoms with Crippen molar-refractivity contribution in [2.75, 3.05) is 5.32 Å². The first-order valence-electron chi connectivity index (χ1n) is 6.36. The Hall–Kier alpha value is -2.73. The summed E-state index contributed by atoms with van der Waals surface area (Å²) in [7, 11) is 0. The van der Waals surface area contributed by atoms with Crippen molar-refractivity contribution in [3.05, 3.63) is 65.3 Å². The van der Waals surface area contributed by atoms with Crippen LogP contribution in [0.25, 0.3) is 11.3 Å². The number of nitrogens with one attached hydrogen (secondary N) is 2. The van der Waals surface area contributed by atoms with Gasteiger partial charge in [0.1, 0.15) is 11.5 Å². The Labute approximate surface area is 130 Å². The molecule has 7 heteroatoms. The van der Waals surface area contributed by atoms with Gasteiger partial charge in [-0.05, 0) is 36.4 Å². The summed E-state index contributed by atoms with van der Waals surface area (Å²) in [5, 5.41) is 9.43. The quantitative estimate of drug-likeness (QED) is 0.776. The third-order valence-electron chi connectivity index (χ3n) is 2.96. The molecule has 5 nitrogen and oxygen atoms in total. The maximum atomic E-state index is 13.0. The van der Waals surface area contributed by atoms with Crippen LogP contribution in [0.3, 0.4) is 0 Å². The van der Waals surface area contributed by atoms with Gasteiger partial charge in [-0.25, -0.2) is 4.39 Å². The van der Waals surface area contributed by atoms with E-state index in [0.717, 1.165) is 11.6 Å². The number of nitrogens with zero attached hydrogens (tertiary/aromatic N) is 2. The van der Waals surface area contributed by atoms with Crippen LogP contribution >= 0.6 is 11.6 Å². The van der Waals surface area contributed by atoms with Crippen LogP contribution in [0.4, 0.5) is 10.1 Å². The Bertz CT molecular complexity index is 819. The summed E-state index contributed by atoms with van der Waals surface area (Å²) in [6.07, 6.45) is 3.30. The SMILES string of the molecule is O=C(Nc1ccc(F)cc1Cl)c1cc(-c2cccnc2)n[nH]1. The van der Waals surface area contributed by atoms with Crippen LogP contribution in [0.5, 0.6) is 0 Å². The first-order valence-corrected chi connectivity index (χ1v) is 6.73. The molecule has 0 saturated carbocycles. The number of carbonyl (C=O) groups is 1. The molecule has 0 saturated heterocycles. The van der Waals surface area contributed by atoms with E-state index in [2.05, 4.69) is 20.5 Å². The van der Waals surface area contributed by atoms with Gasteiger partial charge in [0.2, 0.25) is 0 Å². The highest BCUT2D eigenvalue weighted by Crippen LogP contribution is 2.23. The van der Waals surface area contributed by atoms with E-state index in [1.165, 1.54) is 12.1 Å².